The number of methoxy groups -OCH3 is 1. The molecule has 74 valence electrons. The van der Waals surface area contributed by atoms with Gasteiger partial charge in [0, 0.05) is 6.08 Å². The van der Waals surface area contributed by atoms with Crippen molar-refractivity contribution in [1.29, 1.82) is 0 Å². The van der Waals surface area contributed by atoms with Gasteiger partial charge in [-0.3, -0.25) is 0 Å². The molecule has 0 aliphatic carbocycles. The Hall–Kier alpha value is -1.77. The summed E-state index contributed by atoms with van der Waals surface area (Å²) in [5, 5.41) is 8.47. The van der Waals surface area contributed by atoms with Gasteiger partial charge in [-0.1, -0.05) is 6.07 Å². The highest BCUT2D eigenvalue weighted by molar-refractivity contribution is 5.85. The largest absolute Gasteiger partial charge is 0.497 e. The van der Waals surface area contributed by atoms with Crippen molar-refractivity contribution in [3.8, 4) is 5.75 Å². The van der Waals surface area contributed by atoms with Crippen molar-refractivity contribution in [2.75, 3.05) is 7.11 Å². The minimum Gasteiger partial charge on any atom is -0.497 e. The van der Waals surface area contributed by atoms with E-state index in [0.717, 1.165) is 23.0 Å². The van der Waals surface area contributed by atoms with E-state index in [1.165, 1.54) is 0 Å². The Morgan fingerprint density at radius 2 is 2.21 bits per heavy atom. The number of hydrogen-bond donors (Lipinski definition) is 1. The fraction of sp³-hybridized carbons (Fsp3) is 0.182. The molecule has 0 aliphatic rings. The second-order valence-electron chi connectivity index (χ2n) is 2.89. The zero-order chi connectivity index (χ0) is 10.6. The van der Waals surface area contributed by atoms with Gasteiger partial charge in [0.25, 0.3) is 0 Å². The third-order valence-corrected chi connectivity index (χ3v) is 1.89. The molecule has 1 aromatic carbocycles. The first kappa shape index (κ1) is 10.3. The maximum atomic E-state index is 10.3. The Balaban J connectivity index is 3.00. The minimum atomic E-state index is -0.952. The molecule has 1 aromatic rings. The van der Waals surface area contributed by atoms with E-state index in [1.807, 2.05) is 19.1 Å². The third-order valence-electron chi connectivity index (χ3n) is 1.89. The summed E-state index contributed by atoms with van der Waals surface area (Å²) in [4.78, 5) is 10.3. The molecule has 0 spiro atoms. The summed E-state index contributed by atoms with van der Waals surface area (Å²) in [6.45, 7) is 1.92. The van der Waals surface area contributed by atoms with Gasteiger partial charge in [0.1, 0.15) is 5.75 Å². The average molecular weight is 192 g/mol. The van der Waals surface area contributed by atoms with E-state index in [-0.39, 0.29) is 0 Å². The van der Waals surface area contributed by atoms with Crippen molar-refractivity contribution in [3.05, 3.63) is 35.4 Å². The Labute approximate surface area is 82.6 Å². The highest BCUT2D eigenvalue weighted by Gasteiger charge is 1.97. The molecule has 0 unspecified atom stereocenters. The summed E-state index contributed by atoms with van der Waals surface area (Å²) in [6, 6.07) is 5.53. The molecule has 0 heterocycles. The molecular formula is C11H12O3. The van der Waals surface area contributed by atoms with Gasteiger partial charge >= 0.3 is 5.97 Å². The van der Waals surface area contributed by atoms with Crippen LogP contribution in [0.5, 0.6) is 5.75 Å². The number of rotatable bonds is 3. The van der Waals surface area contributed by atoms with Gasteiger partial charge in [-0.2, -0.15) is 0 Å². The second kappa shape index (κ2) is 4.46. The van der Waals surface area contributed by atoms with Crippen LogP contribution in [0.1, 0.15) is 11.1 Å². The van der Waals surface area contributed by atoms with E-state index in [2.05, 4.69) is 0 Å². The van der Waals surface area contributed by atoms with Crippen molar-refractivity contribution in [1.82, 2.24) is 0 Å². The predicted octanol–water partition coefficient (Wildman–Crippen LogP) is 2.10. The van der Waals surface area contributed by atoms with Gasteiger partial charge in [0.2, 0.25) is 0 Å². The van der Waals surface area contributed by atoms with Crippen molar-refractivity contribution in [2.24, 2.45) is 0 Å². The van der Waals surface area contributed by atoms with Gasteiger partial charge in [-0.05, 0) is 36.3 Å². The van der Waals surface area contributed by atoms with Crippen LogP contribution in [0.25, 0.3) is 6.08 Å². The monoisotopic (exact) mass is 192 g/mol. The summed E-state index contributed by atoms with van der Waals surface area (Å²) in [5.41, 5.74) is 1.87. The summed E-state index contributed by atoms with van der Waals surface area (Å²) >= 11 is 0. The zero-order valence-corrected chi connectivity index (χ0v) is 8.15. The van der Waals surface area contributed by atoms with E-state index in [0.29, 0.717) is 0 Å². The molecule has 0 aromatic heterocycles. The van der Waals surface area contributed by atoms with Crippen LogP contribution in [0, 0.1) is 6.92 Å². The van der Waals surface area contributed by atoms with Gasteiger partial charge in [0.15, 0.2) is 0 Å². The maximum absolute atomic E-state index is 10.3. The van der Waals surface area contributed by atoms with Gasteiger partial charge in [-0.15, -0.1) is 0 Å². The summed E-state index contributed by atoms with van der Waals surface area (Å²) < 4.78 is 5.04. The lowest BCUT2D eigenvalue weighted by atomic mass is 10.1. The predicted molar refractivity (Wildman–Crippen MR) is 54.4 cm³/mol. The molecule has 3 nitrogen and oxygen atoms in total. The molecule has 1 N–H and O–H groups in total. The molecular weight excluding hydrogens is 180 g/mol. The first-order chi connectivity index (χ1) is 6.63. The quantitative estimate of drug-likeness (QED) is 0.746. The number of carboxylic acids is 1. The van der Waals surface area contributed by atoms with Crippen LogP contribution in [-0.4, -0.2) is 18.2 Å². The van der Waals surface area contributed by atoms with Gasteiger partial charge < -0.3 is 9.84 Å². The van der Waals surface area contributed by atoms with E-state index in [4.69, 9.17) is 9.84 Å². The van der Waals surface area contributed by atoms with Crippen LogP contribution in [-0.2, 0) is 4.79 Å². The van der Waals surface area contributed by atoms with E-state index < -0.39 is 5.97 Å². The number of ether oxygens (including phenoxy) is 1. The van der Waals surface area contributed by atoms with Crippen LogP contribution < -0.4 is 4.74 Å². The fourth-order valence-corrected chi connectivity index (χ4v) is 1.09. The molecule has 0 bridgehead atoms. The van der Waals surface area contributed by atoms with E-state index >= 15 is 0 Å². The highest BCUT2D eigenvalue weighted by atomic mass is 16.5. The number of hydrogen-bond acceptors (Lipinski definition) is 2. The first-order valence-electron chi connectivity index (χ1n) is 4.19. The molecule has 0 aliphatic heterocycles. The van der Waals surface area contributed by atoms with E-state index in [9.17, 15) is 4.79 Å². The van der Waals surface area contributed by atoms with Crippen molar-refractivity contribution < 1.29 is 14.6 Å². The van der Waals surface area contributed by atoms with Gasteiger partial charge in [-0.25, -0.2) is 4.79 Å². The fourth-order valence-electron chi connectivity index (χ4n) is 1.09. The Morgan fingerprint density at radius 3 is 2.79 bits per heavy atom. The summed E-state index contributed by atoms with van der Waals surface area (Å²) in [5.74, 6) is -0.229. The first-order valence-corrected chi connectivity index (χ1v) is 4.19. The lowest BCUT2D eigenvalue weighted by Crippen LogP contribution is -1.89. The number of carboxylic acid groups (broad SMARTS) is 1. The van der Waals surface area contributed by atoms with Crippen LogP contribution >= 0.6 is 0 Å². The van der Waals surface area contributed by atoms with Crippen LogP contribution in [0.3, 0.4) is 0 Å². The van der Waals surface area contributed by atoms with Crippen LogP contribution in [0.2, 0.25) is 0 Å². The standard InChI is InChI=1S/C11H12O3/c1-8-3-5-10(14-2)7-9(8)4-6-11(12)13/h3-7H,1-2H3,(H,12,13). The zero-order valence-electron chi connectivity index (χ0n) is 8.15. The Bertz CT molecular complexity index is 367. The normalized spacial score (nSPS) is 10.4. The molecule has 0 atom stereocenters. The number of aryl methyl sites for hydroxylation is 1. The number of carbonyl (C=O) groups is 1. The molecule has 1 rings (SSSR count). The maximum Gasteiger partial charge on any atom is 0.328 e. The van der Waals surface area contributed by atoms with E-state index in [1.54, 1.807) is 19.3 Å². The summed E-state index contributed by atoms with van der Waals surface area (Å²) in [7, 11) is 1.58. The average Bonchev–Trinajstić information content (AvgIpc) is 2.16. The second-order valence-corrected chi connectivity index (χ2v) is 2.89. The Kier molecular flexibility index (Phi) is 3.29. The minimum absolute atomic E-state index is 0.723. The molecule has 0 saturated heterocycles. The molecule has 0 radical (unpaired) electrons. The molecule has 0 amide bonds. The SMILES string of the molecule is COc1ccc(C)c(C=CC(=O)O)c1. The molecule has 0 fully saturated rings. The van der Waals surface area contributed by atoms with Crippen molar-refractivity contribution in [3.63, 3.8) is 0 Å². The Morgan fingerprint density at radius 1 is 1.50 bits per heavy atom. The lowest BCUT2D eigenvalue weighted by Gasteiger charge is -2.03. The van der Waals surface area contributed by atoms with Gasteiger partial charge in [0.05, 0.1) is 7.11 Å². The molecule has 3 heteroatoms. The van der Waals surface area contributed by atoms with Crippen molar-refractivity contribution >= 4 is 12.0 Å². The molecule has 0 saturated carbocycles. The third kappa shape index (κ3) is 2.62. The highest BCUT2D eigenvalue weighted by Crippen LogP contribution is 2.17. The van der Waals surface area contributed by atoms with Crippen LogP contribution in [0.4, 0.5) is 0 Å². The number of benzene rings is 1. The topological polar surface area (TPSA) is 46.5 Å². The summed E-state index contributed by atoms with van der Waals surface area (Å²) in [6.07, 6.45) is 2.67. The smallest absolute Gasteiger partial charge is 0.328 e. The van der Waals surface area contributed by atoms with Crippen molar-refractivity contribution in [2.45, 2.75) is 6.92 Å². The lowest BCUT2D eigenvalue weighted by molar-refractivity contribution is -0.131. The molecule has 14 heavy (non-hydrogen) atoms. The number of aliphatic carboxylic acids is 1. The van der Waals surface area contributed by atoms with Crippen LogP contribution in [0.15, 0.2) is 24.3 Å².